The number of benzene rings is 3. The summed E-state index contributed by atoms with van der Waals surface area (Å²) in [6.45, 7) is 0. The van der Waals surface area contributed by atoms with Crippen molar-refractivity contribution in [1.29, 1.82) is 0 Å². The summed E-state index contributed by atoms with van der Waals surface area (Å²) in [5.74, 6) is 1.49. The Hall–Kier alpha value is -1.26. The van der Waals surface area contributed by atoms with Gasteiger partial charge < -0.3 is 6.16 Å². The third kappa shape index (κ3) is 5.35. The zero-order chi connectivity index (χ0) is 16.9. The van der Waals surface area contributed by atoms with E-state index in [9.17, 15) is 4.79 Å². The van der Waals surface area contributed by atoms with Crippen molar-refractivity contribution in [2.75, 3.05) is 0 Å². The minimum Gasteiger partial charge on any atom is -1.00 e. The van der Waals surface area contributed by atoms with Crippen LogP contribution >= 0.6 is 31.8 Å². The minimum atomic E-state index is -0.0812. The molecule has 25 heavy (non-hydrogen) atoms. The van der Waals surface area contributed by atoms with Gasteiger partial charge in [0.25, 0.3) is 0 Å². The van der Waals surface area contributed by atoms with Gasteiger partial charge in [-0.3, -0.25) is 4.79 Å². The van der Waals surface area contributed by atoms with Gasteiger partial charge in [-0.05, 0) is 50.3 Å². The number of hydrogen-bond acceptors (Lipinski definition) is 2. The first-order valence-corrected chi connectivity index (χ1v) is 8.97. The summed E-state index contributed by atoms with van der Waals surface area (Å²) in [5.41, 5.74) is 0.297. The Kier molecular flexibility index (Phi) is 7.57. The van der Waals surface area contributed by atoms with Crippen LogP contribution in [0.25, 0.3) is 0 Å². The Morgan fingerprint density at radius 1 is 0.800 bits per heavy atom. The van der Waals surface area contributed by atoms with Crippen molar-refractivity contribution in [3.05, 3.63) is 88.4 Å². The number of rotatable bonds is 5. The molecule has 0 N–H and O–H groups in total. The van der Waals surface area contributed by atoms with E-state index in [2.05, 4.69) is 0 Å². The molecular formula is C19H14Cl2LiO2P. The molecule has 0 fully saturated rings. The molecule has 0 amide bonds. The molecule has 0 spiro atoms. The first-order valence-electron chi connectivity index (χ1n) is 7.22. The van der Waals surface area contributed by atoms with Crippen LogP contribution in [0, 0.1) is 0 Å². The van der Waals surface area contributed by atoms with E-state index in [4.69, 9.17) is 27.9 Å². The Morgan fingerprint density at radius 2 is 1.36 bits per heavy atom. The fourth-order valence-electron chi connectivity index (χ4n) is 2.14. The van der Waals surface area contributed by atoms with Crippen molar-refractivity contribution >= 4 is 42.6 Å². The second-order valence-electron chi connectivity index (χ2n) is 4.99. The number of ether oxygens (including phenoxy) is 1. The molecule has 0 aliphatic heterocycles. The maximum absolute atomic E-state index is 12.4. The number of carbonyl (C=O) groups excluding carboxylic acids is 1. The molecule has 6 heteroatoms. The maximum atomic E-state index is 12.4. The van der Waals surface area contributed by atoms with Gasteiger partial charge in [-0.15, -0.1) is 0 Å². The Morgan fingerprint density at radius 3 is 1.96 bits per heavy atom. The summed E-state index contributed by atoms with van der Waals surface area (Å²) in [5, 5.41) is 1.66. The van der Waals surface area contributed by atoms with Crippen LogP contribution in [0.3, 0.4) is 0 Å². The topological polar surface area (TPSA) is 26.3 Å². The zero-order valence-electron chi connectivity index (χ0n) is 14.5. The Labute approximate surface area is 171 Å². The largest absolute Gasteiger partial charge is 1.00 e. The van der Waals surface area contributed by atoms with Crippen LogP contribution in [0.5, 0.6) is 11.5 Å². The molecule has 1 atom stereocenters. The van der Waals surface area contributed by atoms with E-state index in [1.54, 1.807) is 18.2 Å². The van der Waals surface area contributed by atoms with Crippen molar-refractivity contribution in [3.63, 3.8) is 0 Å². The van der Waals surface area contributed by atoms with Gasteiger partial charge in [-0.1, -0.05) is 59.6 Å². The van der Waals surface area contributed by atoms with Crippen molar-refractivity contribution < 1.29 is 29.8 Å². The second-order valence-corrected chi connectivity index (χ2v) is 7.09. The van der Waals surface area contributed by atoms with Crippen LogP contribution in [0.15, 0.2) is 72.8 Å². The maximum Gasteiger partial charge on any atom is 1.00 e. The number of para-hydroxylation sites is 1. The molecule has 122 valence electrons. The minimum absolute atomic E-state index is 0. The molecule has 0 bridgehead atoms. The van der Waals surface area contributed by atoms with Gasteiger partial charge in [-0.2, -0.15) is 0 Å². The summed E-state index contributed by atoms with van der Waals surface area (Å²) >= 11 is 12.2. The summed E-state index contributed by atoms with van der Waals surface area (Å²) < 4.78 is 5.74. The van der Waals surface area contributed by atoms with Gasteiger partial charge >= 0.3 is 18.9 Å². The van der Waals surface area contributed by atoms with Crippen molar-refractivity contribution in [1.82, 2.24) is 0 Å². The van der Waals surface area contributed by atoms with Crippen LogP contribution < -0.4 is 28.9 Å². The summed E-state index contributed by atoms with van der Waals surface area (Å²) in [4.78, 5) is 12.4. The van der Waals surface area contributed by atoms with Gasteiger partial charge in [0, 0.05) is 0 Å². The number of hydrogen-bond donors (Lipinski definition) is 0. The fourth-order valence-corrected chi connectivity index (χ4v) is 3.86. The number of carbonyl (C=O) groups is 1. The Bertz CT molecular complexity index is 841. The molecular weight excluding hydrogens is 369 g/mol. The van der Waals surface area contributed by atoms with Crippen molar-refractivity contribution in [2.24, 2.45) is 0 Å². The summed E-state index contributed by atoms with van der Waals surface area (Å²) in [6, 6.07) is 22.0. The predicted octanol–water partition coefficient (Wildman–Crippen LogP) is 3.05. The molecule has 3 rings (SSSR count). The quantitative estimate of drug-likeness (QED) is 0.500. The molecule has 0 saturated carbocycles. The van der Waals surface area contributed by atoms with Crippen LogP contribution in [0.2, 0.25) is 10.0 Å². The second kappa shape index (κ2) is 9.44. The van der Waals surface area contributed by atoms with Crippen LogP contribution in [-0.2, 0) is 0 Å². The first kappa shape index (κ1) is 20.1. The average molecular weight is 383 g/mol. The van der Waals surface area contributed by atoms with Gasteiger partial charge in [0.15, 0.2) is 5.52 Å². The van der Waals surface area contributed by atoms with E-state index in [0.29, 0.717) is 15.6 Å². The van der Waals surface area contributed by atoms with E-state index in [1.807, 2.05) is 54.6 Å². The van der Waals surface area contributed by atoms with Gasteiger partial charge in [0.2, 0.25) is 0 Å². The van der Waals surface area contributed by atoms with E-state index < -0.39 is 0 Å². The molecule has 3 aromatic rings. The molecule has 0 radical (unpaired) electrons. The number of halogens is 2. The normalized spacial score (nSPS) is 10.5. The van der Waals surface area contributed by atoms with E-state index in [0.717, 1.165) is 16.8 Å². The predicted molar refractivity (Wildman–Crippen MR) is 103 cm³/mol. The molecule has 0 aliphatic carbocycles. The SMILES string of the molecule is O=C(Pc1ccc(Oc2ccccc2)cc1)c1c(Cl)cccc1Cl.[H-].[Li+]. The molecule has 0 heterocycles. The molecule has 0 aliphatic rings. The standard InChI is InChI=1S/C19H13Cl2O2P.Li.H/c20-16-7-4-8-17(21)18(16)19(22)24-15-11-9-14(10-12-15)23-13-5-2-1-3-6-13;;/h1-12,24H;;/q;+1;-1. The van der Waals surface area contributed by atoms with Crippen molar-refractivity contribution in [2.45, 2.75) is 0 Å². The van der Waals surface area contributed by atoms with Crippen molar-refractivity contribution in [3.8, 4) is 11.5 Å². The third-order valence-corrected chi connectivity index (χ3v) is 5.01. The van der Waals surface area contributed by atoms with Gasteiger partial charge in [0.1, 0.15) is 11.5 Å². The molecule has 2 nitrogen and oxygen atoms in total. The first-order chi connectivity index (χ1) is 11.6. The molecule has 0 saturated heterocycles. The Balaban J connectivity index is 0.00000169. The van der Waals surface area contributed by atoms with Crippen LogP contribution in [0.1, 0.15) is 11.8 Å². The van der Waals surface area contributed by atoms with Crippen LogP contribution in [0.4, 0.5) is 0 Å². The van der Waals surface area contributed by atoms with E-state index in [1.165, 1.54) is 0 Å². The van der Waals surface area contributed by atoms with Gasteiger partial charge in [0.05, 0.1) is 15.6 Å². The third-order valence-electron chi connectivity index (χ3n) is 3.28. The molecule has 3 aromatic carbocycles. The monoisotopic (exact) mass is 382 g/mol. The fraction of sp³-hybridized carbons (Fsp3) is 0. The zero-order valence-corrected chi connectivity index (χ0v) is 16.0. The van der Waals surface area contributed by atoms with E-state index >= 15 is 0 Å². The average Bonchev–Trinajstić information content (AvgIpc) is 2.57. The van der Waals surface area contributed by atoms with Gasteiger partial charge in [-0.25, -0.2) is 0 Å². The summed E-state index contributed by atoms with van der Waals surface area (Å²) in [6.07, 6.45) is 0. The smallest absolute Gasteiger partial charge is 1.00 e. The van der Waals surface area contributed by atoms with E-state index in [-0.39, 0.29) is 34.4 Å². The molecule has 0 aromatic heterocycles. The molecule has 1 unspecified atom stereocenters. The summed E-state index contributed by atoms with van der Waals surface area (Å²) in [7, 11) is -0.0506. The van der Waals surface area contributed by atoms with Crippen LogP contribution in [-0.4, -0.2) is 5.52 Å².